The van der Waals surface area contributed by atoms with Crippen molar-refractivity contribution in [2.45, 2.75) is 6.92 Å². The van der Waals surface area contributed by atoms with Crippen LogP contribution in [0.4, 0.5) is 0 Å². The fourth-order valence-corrected chi connectivity index (χ4v) is 2.01. The highest BCUT2D eigenvalue weighted by Gasteiger charge is 2.11. The lowest BCUT2D eigenvalue weighted by Gasteiger charge is -2.25. The molecular formula is C15H25N5O. The summed E-state index contributed by atoms with van der Waals surface area (Å²) in [6.07, 6.45) is 1.75. The van der Waals surface area contributed by atoms with Gasteiger partial charge in [0.15, 0.2) is 0 Å². The standard InChI is InChI=1S/C15H25N5O/c1-3-20(9-8-16)13(15(18)19-2)10-12(17)11-6-4-5-7-14(11)21/h4-7,10,19,21H,3,8-9,16-18H2,1-2H3/b12-10-,15-13-. The van der Waals surface area contributed by atoms with Crippen LogP contribution in [0.5, 0.6) is 5.75 Å². The zero-order valence-electron chi connectivity index (χ0n) is 12.6. The summed E-state index contributed by atoms with van der Waals surface area (Å²) >= 11 is 0. The molecule has 0 aliphatic rings. The van der Waals surface area contributed by atoms with Crippen molar-refractivity contribution in [2.24, 2.45) is 17.2 Å². The number of likely N-dealkylation sites (N-methyl/N-ethyl adjacent to an activating group) is 1. The van der Waals surface area contributed by atoms with E-state index in [9.17, 15) is 5.11 Å². The SMILES string of the molecule is CCN(CCN)C(/C=C(\N)c1ccccc1O)=C(/N)NC. The Kier molecular flexibility index (Phi) is 6.42. The van der Waals surface area contributed by atoms with E-state index < -0.39 is 0 Å². The minimum absolute atomic E-state index is 0.135. The van der Waals surface area contributed by atoms with E-state index in [1.54, 1.807) is 31.3 Å². The number of phenolic OH excluding ortho intramolecular Hbond substituents is 1. The first-order valence-corrected chi connectivity index (χ1v) is 6.93. The van der Waals surface area contributed by atoms with Crippen molar-refractivity contribution in [1.82, 2.24) is 10.2 Å². The van der Waals surface area contributed by atoms with Crippen molar-refractivity contribution in [2.75, 3.05) is 26.7 Å². The third-order valence-corrected chi connectivity index (χ3v) is 3.17. The van der Waals surface area contributed by atoms with Crippen LogP contribution in [0, 0.1) is 0 Å². The summed E-state index contributed by atoms with van der Waals surface area (Å²) in [5.74, 6) is 0.638. The van der Waals surface area contributed by atoms with Gasteiger partial charge in [-0.2, -0.15) is 0 Å². The van der Waals surface area contributed by atoms with E-state index in [1.165, 1.54) is 0 Å². The average molecular weight is 291 g/mol. The molecule has 0 saturated heterocycles. The van der Waals surface area contributed by atoms with Gasteiger partial charge in [0.2, 0.25) is 0 Å². The van der Waals surface area contributed by atoms with Crippen LogP contribution in [-0.4, -0.2) is 36.7 Å². The molecule has 0 atom stereocenters. The zero-order chi connectivity index (χ0) is 15.8. The molecule has 0 heterocycles. The molecule has 0 saturated carbocycles. The fourth-order valence-electron chi connectivity index (χ4n) is 2.01. The molecule has 0 radical (unpaired) electrons. The number of rotatable bonds is 7. The van der Waals surface area contributed by atoms with Crippen LogP contribution in [0.1, 0.15) is 12.5 Å². The maximum Gasteiger partial charge on any atom is 0.124 e. The van der Waals surface area contributed by atoms with Gasteiger partial charge < -0.3 is 32.5 Å². The number of hydrogen-bond acceptors (Lipinski definition) is 6. The minimum atomic E-state index is 0.135. The van der Waals surface area contributed by atoms with Crippen LogP contribution >= 0.6 is 0 Å². The van der Waals surface area contributed by atoms with Gasteiger partial charge in [-0.1, -0.05) is 12.1 Å². The van der Waals surface area contributed by atoms with Crippen LogP contribution in [0.2, 0.25) is 0 Å². The largest absolute Gasteiger partial charge is 0.507 e. The number of nitrogens with zero attached hydrogens (tertiary/aromatic N) is 1. The van der Waals surface area contributed by atoms with E-state index in [4.69, 9.17) is 17.2 Å². The molecule has 8 N–H and O–H groups in total. The highest BCUT2D eigenvalue weighted by molar-refractivity contribution is 5.69. The first-order valence-electron chi connectivity index (χ1n) is 6.93. The number of hydrogen-bond donors (Lipinski definition) is 5. The van der Waals surface area contributed by atoms with Crippen molar-refractivity contribution < 1.29 is 5.11 Å². The van der Waals surface area contributed by atoms with Crippen LogP contribution in [0.25, 0.3) is 5.70 Å². The molecular weight excluding hydrogens is 266 g/mol. The second kappa shape index (κ2) is 8.06. The molecule has 116 valence electrons. The first kappa shape index (κ1) is 16.7. The van der Waals surface area contributed by atoms with Crippen LogP contribution in [-0.2, 0) is 0 Å². The summed E-state index contributed by atoms with van der Waals surface area (Å²) in [7, 11) is 1.75. The Morgan fingerprint density at radius 1 is 1.33 bits per heavy atom. The molecule has 0 aliphatic carbocycles. The predicted octanol–water partition coefficient (Wildman–Crippen LogP) is 0.320. The summed E-state index contributed by atoms with van der Waals surface area (Å²) in [4.78, 5) is 2.03. The Balaban J connectivity index is 3.23. The van der Waals surface area contributed by atoms with Crippen molar-refractivity contribution in [3.05, 3.63) is 47.4 Å². The first-order chi connectivity index (χ1) is 10.0. The van der Waals surface area contributed by atoms with Gasteiger partial charge >= 0.3 is 0 Å². The Bertz CT molecular complexity index is 525. The number of nitrogens with two attached hydrogens (primary N) is 3. The molecule has 0 aromatic heterocycles. The summed E-state index contributed by atoms with van der Waals surface area (Å²) < 4.78 is 0. The van der Waals surface area contributed by atoms with Gasteiger partial charge in [-0.3, -0.25) is 0 Å². The lowest BCUT2D eigenvalue weighted by atomic mass is 10.1. The van der Waals surface area contributed by atoms with Gasteiger partial charge in [-0.25, -0.2) is 0 Å². The molecule has 1 aromatic rings. The average Bonchev–Trinajstić information content (AvgIpc) is 2.50. The van der Waals surface area contributed by atoms with Crippen molar-refractivity contribution in [3.8, 4) is 5.75 Å². The van der Waals surface area contributed by atoms with Crippen molar-refractivity contribution in [3.63, 3.8) is 0 Å². The van der Waals surface area contributed by atoms with Gasteiger partial charge in [0, 0.05) is 37.9 Å². The molecule has 0 fully saturated rings. The Morgan fingerprint density at radius 3 is 2.52 bits per heavy atom. The van der Waals surface area contributed by atoms with E-state index in [0.29, 0.717) is 30.2 Å². The number of aromatic hydroxyl groups is 1. The Morgan fingerprint density at radius 2 is 2.00 bits per heavy atom. The fraction of sp³-hybridized carbons (Fsp3) is 0.333. The lowest BCUT2D eigenvalue weighted by Crippen LogP contribution is -2.33. The van der Waals surface area contributed by atoms with E-state index >= 15 is 0 Å². The maximum absolute atomic E-state index is 9.87. The van der Waals surface area contributed by atoms with Gasteiger partial charge in [-0.05, 0) is 25.1 Å². The third-order valence-electron chi connectivity index (χ3n) is 3.17. The number of phenols is 1. The monoisotopic (exact) mass is 291 g/mol. The van der Waals surface area contributed by atoms with Crippen LogP contribution in [0.3, 0.4) is 0 Å². The summed E-state index contributed by atoms with van der Waals surface area (Å²) in [6.45, 7) is 3.94. The maximum atomic E-state index is 9.87. The number of para-hydroxylation sites is 1. The van der Waals surface area contributed by atoms with Gasteiger partial charge in [0.25, 0.3) is 0 Å². The van der Waals surface area contributed by atoms with Gasteiger partial charge in [0.1, 0.15) is 11.6 Å². The highest BCUT2D eigenvalue weighted by Crippen LogP contribution is 2.23. The predicted molar refractivity (Wildman–Crippen MR) is 86.8 cm³/mol. The van der Waals surface area contributed by atoms with E-state index in [2.05, 4.69) is 5.32 Å². The lowest BCUT2D eigenvalue weighted by molar-refractivity contribution is 0.377. The molecule has 6 heteroatoms. The third kappa shape index (κ3) is 4.32. The number of allylic oxidation sites excluding steroid dienone is 1. The van der Waals surface area contributed by atoms with Crippen molar-refractivity contribution >= 4 is 5.70 Å². The Labute approximate surface area is 125 Å². The summed E-state index contributed by atoms with van der Waals surface area (Å²) in [6, 6.07) is 6.92. The van der Waals surface area contributed by atoms with Crippen LogP contribution < -0.4 is 22.5 Å². The molecule has 0 amide bonds. The number of nitrogens with one attached hydrogen (secondary N) is 1. The molecule has 0 bridgehead atoms. The second-order valence-electron chi connectivity index (χ2n) is 4.53. The van der Waals surface area contributed by atoms with Gasteiger partial charge in [-0.15, -0.1) is 0 Å². The quantitative estimate of drug-likeness (QED) is 0.462. The summed E-state index contributed by atoms with van der Waals surface area (Å²) in [5.41, 5.74) is 19.5. The molecule has 0 aliphatic heterocycles. The zero-order valence-corrected chi connectivity index (χ0v) is 12.6. The molecule has 21 heavy (non-hydrogen) atoms. The Hall–Kier alpha value is -2.34. The van der Waals surface area contributed by atoms with Crippen molar-refractivity contribution in [1.29, 1.82) is 0 Å². The van der Waals surface area contributed by atoms with E-state index in [0.717, 1.165) is 12.2 Å². The van der Waals surface area contributed by atoms with E-state index in [-0.39, 0.29) is 5.75 Å². The molecule has 0 spiro atoms. The van der Waals surface area contributed by atoms with Crippen LogP contribution in [0.15, 0.2) is 41.9 Å². The van der Waals surface area contributed by atoms with Gasteiger partial charge in [0.05, 0.1) is 5.70 Å². The van der Waals surface area contributed by atoms with E-state index in [1.807, 2.05) is 17.9 Å². The summed E-state index contributed by atoms with van der Waals surface area (Å²) in [5, 5.41) is 12.8. The minimum Gasteiger partial charge on any atom is -0.507 e. The smallest absolute Gasteiger partial charge is 0.124 e. The second-order valence-corrected chi connectivity index (χ2v) is 4.53. The highest BCUT2D eigenvalue weighted by atomic mass is 16.3. The molecule has 1 aromatic carbocycles. The normalized spacial score (nSPS) is 12.8. The number of benzene rings is 1. The molecule has 0 unspecified atom stereocenters. The molecule has 6 nitrogen and oxygen atoms in total. The molecule has 1 rings (SSSR count). The topological polar surface area (TPSA) is 114 Å².